The topological polar surface area (TPSA) is 75.6 Å². The van der Waals surface area contributed by atoms with E-state index < -0.39 is 11.2 Å². The zero-order chi connectivity index (χ0) is 13.5. The fourth-order valence-corrected chi connectivity index (χ4v) is 1.76. The largest absolute Gasteiger partial charge is 0.497 e. The Bertz CT molecular complexity index is 419. The first-order valence-electron chi connectivity index (χ1n) is 5.31. The first kappa shape index (κ1) is 14.4. The molecule has 2 N–H and O–H groups in total. The molecule has 18 heavy (non-hydrogen) atoms. The molecule has 6 heteroatoms. The summed E-state index contributed by atoms with van der Waals surface area (Å²) in [5, 5.41) is 10.8. The first-order chi connectivity index (χ1) is 8.52. The van der Waals surface area contributed by atoms with Crippen molar-refractivity contribution in [3.8, 4) is 5.75 Å². The average molecular weight is 269 g/mol. The van der Waals surface area contributed by atoms with Crippen LogP contribution in [0.5, 0.6) is 5.75 Å². The van der Waals surface area contributed by atoms with E-state index in [1.54, 1.807) is 38.3 Å². The third-order valence-corrected chi connectivity index (χ3v) is 3.32. The number of aliphatic carboxylic acids is 1. The van der Waals surface area contributed by atoms with E-state index >= 15 is 0 Å². The fraction of sp³-hybridized carbons (Fsp3) is 0.333. The third kappa shape index (κ3) is 4.67. The van der Waals surface area contributed by atoms with Crippen molar-refractivity contribution in [3.63, 3.8) is 0 Å². The number of thioether (sulfide) groups is 1. The molecule has 0 radical (unpaired) electrons. The first-order valence-corrected chi connectivity index (χ1v) is 6.36. The molecule has 0 aliphatic rings. The summed E-state index contributed by atoms with van der Waals surface area (Å²) < 4.78 is 5.00. The maximum Gasteiger partial charge on any atom is 0.316 e. The number of methoxy groups -OCH3 is 1. The van der Waals surface area contributed by atoms with Gasteiger partial charge in [0.15, 0.2) is 0 Å². The van der Waals surface area contributed by atoms with Gasteiger partial charge in [-0.05, 0) is 31.2 Å². The number of benzene rings is 1. The van der Waals surface area contributed by atoms with Crippen molar-refractivity contribution in [2.75, 3.05) is 18.2 Å². The highest BCUT2D eigenvalue weighted by atomic mass is 32.2. The predicted molar refractivity (Wildman–Crippen MR) is 71.2 cm³/mol. The molecule has 1 amide bonds. The van der Waals surface area contributed by atoms with E-state index in [4.69, 9.17) is 9.84 Å². The molecular formula is C12H15NO4S. The molecule has 0 bridgehead atoms. The van der Waals surface area contributed by atoms with Crippen molar-refractivity contribution in [3.05, 3.63) is 24.3 Å². The van der Waals surface area contributed by atoms with Gasteiger partial charge in [0.2, 0.25) is 5.91 Å². The van der Waals surface area contributed by atoms with Gasteiger partial charge in [-0.3, -0.25) is 9.59 Å². The summed E-state index contributed by atoms with van der Waals surface area (Å²) >= 11 is 1.08. The highest BCUT2D eigenvalue weighted by Gasteiger charge is 2.13. The Kier molecular flexibility index (Phi) is 5.51. The summed E-state index contributed by atoms with van der Waals surface area (Å²) in [5.41, 5.74) is 0.657. The second kappa shape index (κ2) is 6.90. The quantitative estimate of drug-likeness (QED) is 0.824. The summed E-state index contributed by atoms with van der Waals surface area (Å²) in [7, 11) is 1.57. The number of ether oxygens (including phenoxy) is 1. The van der Waals surface area contributed by atoms with Gasteiger partial charge in [-0.2, -0.15) is 0 Å². The highest BCUT2D eigenvalue weighted by molar-refractivity contribution is 8.01. The van der Waals surface area contributed by atoms with E-state index in [1.165, 1.54) is 0 Å². The van der Waals surface area contributed by atoms with Gasteiger partial charge in [0.25, 0.3) is 0 Å². The Morgan fingerprint density at radius 1 is 1.39 bits per heavy atom. The van der Waals surface area contributed by atoms with Crippen molar-refractivity contribution in [1.82, 2.24) is 0 Å². The molecule has 0 saturated heterocycles. The van der Waals surface area contributed by atoms with Crippen molar-refractivity contribution in [1.29, 1.82) is 0 Å². The second-order valence-corrected chi connectivity index (χ2v) is 4.90. The highest BCUT2D eigenvalue weighted by Crippen LogP contribution is 2.16. The summed E-state index contributed by atoms with van der Waals surface area (Å²) in [6.07, 6.45) is 0. The lowest BCUT2D eigenvalue weighted by Gasteiger charge is -2.08. The van der Waals surface area contributed by atoms with E-state index in [9.17, 15) is 9.59 Å². The van der Waals surface area contributed by atoms with Gasteiger partial charge >= 0.3 is 5.97 Å². The van der Waals surface area contributed by atoms with Crippen LogP contribution in [0.25, 0.3) is 0 Å². The molecule has 1 rings (SSSR count). The number of rotatable bonds is 6. The number of hydrogen-bond acceptors (Lipinski definition) is 4. The molecule has 1 aromatic rings. The van der Waals surface area contributed by atoms with E-state index in [0.29, 0.717) is 11.4 Å². The van der Waals surface area contributed by atoms with Crippen molar-refractivity contribution >= 4 is 29.3 Å². The van der Waals surface area contributed by atoms with E-state index in [-0.39, 0.29) is 11.7 Å². The maximum atomic E-state index is 11.5. The number of nitrogens with one attached hydrogen (secondary N) is 1. The lowest BCUT2D eigenvalue weighted by molar-refractivity contribution is -0.136. The van der Waals surface area contributed by atoms with Gasteiger partial charge in [0.1, 0.15) is 5.75 Å². The minimum absolute atomic E-state index is 0.111. The smallest absolute Gasteiger partial charge is 0.316 e. The average Bonchev–Trinajstić information content (AvgIpc) is 2.36. The standard InChI is InChI=1S/C12H15NO4S/c1-8(12(15)16)18-7-11(14)13-9-3-5-10(17-2)6-4-9/h3-6,8H,7H2,1-2H3,(H,13,14)(H,15,16). The second-order valence-electron chi connectivity index (χ2n) is 3.57. The Hall–Kier alpha value is -1.69. The van der Waals surface area contributed by atoms with Crippen LogP contribution in [-0.4, -0.2) is 35.1 Å². The van der Waals surface area contributed by atoms with Gasteiger partial charge in [-0.15, -0.1) is 11.8 Å². The Labute approximate surface area is 110 Å². The monoisotopic (exact) mass is 269 g/mol. The lowest BCUT2D eigenvalue weighted by Crippen LogP contribution is -2.19. The Morgan fingerprint density at radius 3 is 2.50 bits per heavy atom. The molecule has 0 spiro atoms. The van der Waals surface area contributed by atoms with Crippen molar-refractivity contribution in [2.45, 2.75) is 12.2 Å². The summed E-state index contributed by atoms with van der Waals surface area (Å²) in [4.78, 5) is 22.1. The molecule has 0 saturated carbocycles. The minimum atomic E-state index is -0.919. The van der Waals surface area contributed by atoms with Crippen LogP contribution in [-0.2, 0) is 9.59 Å². The van der Waals surface area contributed by atoms with Crippen LogP contribution < -0.4 is 10.1 Å². The zero-order valence-corrected chi connectivity index (χ0v) is 11.0. The molecule has 98 valence electrons. The molecule has 5 nitrogen and oxygen atoms in total. The number of carboxylic acid groups (broad SMARTS) is 1. The molecule has 1 unspecified atom stereocenters. The number of anilines is 1. The molecule has 0 fully saturated rings. The SMILES string of the molecule is COc1ccc(NC(=O)CSC(C)C(=O)O)cc1. The van der Waals surface area contributed by atoms with Crippen LogP contribution in [0.1, 0.15) is 6.92 Å². The van der Waals surface area contributed by atoms with Gasteiger partial charge in [0.05, 0.1) is 18.1 Å². The van der Waals surface area contributed by atoms with Crippen LogP contribution in [0.3, 0.4) is 0 Å². The minimum Gasteiger partial charge on any atom is -0.497 e. The van der Waals surface area contributed by atoms with E-state index in [1.807, 2.05) is 0 Å². The van der Waals surface area contributed by atoms with E-state index in [0.717, 1.165) is 11.8 Å². The number of carboxylic acids is 1. The van der Waals surface area contributed by atoms with Crippen LogP contribution in [0.2, 0.25) is 0 Å². The van der Waals surface area contributed by atoms with Crippen LogP contribution in [0.4, 0.5) is 5.69 Å². The molecule has 1 atom stereocenters. The summed E-state index contributed by atoms with van der Waals surface area (Å²) in [6.45, 7) is 1.55. The molecule has 0 heterocycles. The lowest BCUT2D eigenvalue weighted by atomic mass is 10.3. The van der Waals surface area contributed by atoms with Crippen molar-refractivity contribution in [2.24, 2.45) is 0 Å². The fourth-order valence-electron chi connectivity index (χ4n) is 1.14. The number of carbonyl (C=O) groups excluding carboxylic acids is 1. The van der Waals surface area contributed by atoms with E-state index in [2.05, 4.69) is 5.32 Å². The van der Waals surface area contributed by atoms with Gasteiger partial charge < -0.3 is 15.2 Å². The van der Waals surface area contributed by atoms with Crippen molar-refractivity contribution < 1.29 is 19.4 Å². The zero-order valence-electron chi connectivity index (χ0n) is 10.2. The number of carbonyl (C=O) groups is 2. The Balaban J connectivity index is 2.42. The number of amides is 1. The normalized spacial score (nSPS) is 11.7. The Morgan fingerprint density at radius 2 is 2.00 bits per heavy atom. The summed E-state index contributed by atoms with van der Waals surface area (Å²) in [5.74, 6) is -0.322. The van der Waals surface area contributed by atoms with Crippen LogP contribution in [0, 0.1) is 0 Å². The van der Waals surface area contributed by atoms with Crippen LogP contribution >= 0.6 is 11.8 Å². The van der Waals surface area contributed by atoms with Gasteiger partial charge in [0, 0.05) is 5.69 Å². The maximum absolute atomic E-state index is 11.5. The molecule has 0 aliphatic heterocycles. The predicted octanol–water partition coefficient (Wildman–Crippen LogP) is 1.84. The van der Waals surface area contributed by atoms with Gasteiger partial charge in [-0.1, -0.05) is 0 Å². The molecule has 0 aromatic heterocycles. The molecule has 0 aliphatic carbocycles. The number of hydrogen-bond donors (Lipinski definition) is 2. The molecular weight excluding hydrogens is 254 g/mol. The third-order valence-electron chi connectivity index (χ3n) is 2.19. The van der Waals surface area contributed by atoms with Crippen LogP contribution in [0.15, 0.2) is 24.3 Å². The molecule has 1 aromatic carbocycles. The van der Waals surface area contributed by atoms with Gasteiger partial charge in [-0.25, -0.2) is 0 Å². The summed E-state index contributed by atoms with van der Waals surface area (Å²) in [6, 6.07) is 6.93.